The summed E-state index contributed by atoms with van der Waals surface area (Å²) in [6.45, 7) is 4.24. The molecule has 1 aliphatic rings. The van der Waals surface area contributed by atoms with Crippen molar-refractivity contribution in [1.29, 1.82) is 0 Å². The number of hydrogen-bond acceptors (Lipinski definition) is 4. The van der Waals surface area contributed by atoms with Crippen LogP contribution in [0.4, 0.5) is 0 Å². The predicted molar refractivity (Wildman–Crippen MR) is 43.5 cm³/mol. The Morgan fingerprint density at radius 1 is 1.64 bits per heavy atom. The number of cyclic esters (lactones) is 1. The van der Waals surface area contributed by atoms with Gasteiger partial charge in [-0.15, -0.1) is 0 Å². The van der Waals surface area contributed by atoms with Gasteiger partial charge in [-0.05, 0) is 5.92 Å². The summed E-state index contributed by atoms with van der Waals surface area (Å²) < 4.78 is 8.96. The van der Waals surface area contributed by atoms with Gasteiger partial charge in [0.05, 0.1) is 6.61 Å². The van der Waals surface area contributed by atoms with Gasteiger partial charge in [-0.25, -0.2) is 0 Å². The largest absolute Gasteiger partial charge is 0.437 e. The summed E-state index contributed by atoms with van der Waals surface area (Å²) in [4.78, 5) is 11.2. The van der Waals surface area contributed by atoms with Gasteiger partial charge >= 0.3 is 5.97 Å². The second kappa shape index (κ2) is 3.03. The predicted octanol–water partition coefficient (Wildman–Crippen LogP) is 0.842. The molecule has 0 spiro atoms. The fraction of sp³-hybridized carbons (Fsp3) is 0.857. The fourth-order valence-electron chi connectivity index (χ4n) is 0.879. The first-order valence-corrected chi connectivity index (χ1v) is 3.99. The van der Waals surface area contributed by atoms with Crippen molar-refractivity contribution in [3.05, 3.63) is 0 Å². The lowest BCUT2D eigenvalue weighted by atomic mass is 9.95. The van der Waals surface area contributed by atoms with Crippen molar-refractivity contribution in [2.45, 2.75) is 18.6 Å². The molecule has 0 unspecified atom stereocenters. The van der Waals surface area contributed by atoms with E-state index in [-0.39, 0.29) is 18.7 Å². The third-order valence-electron chi connectivity index (χ3n) is 1.90. The Morgan fingerprint density at radius 3 is 2.64 bits per heavy atom. The summed E-state index contributed by atoms with van der Waals surface area (Å²) in [5.41, 5.74) is 0. The van der Waals surface area contributed by atoms with Gasteiger partial charge < -0.3 is 9.47 Å². The second-order valence-electron chi connectivity index (χ2n) is 2.98. The normalized spacial score (nSPS) is 32.2. The Morgan fingerprint density at radius 2 is 2.27 bits per heavy atom. The van der Waals surface area contributed by atoms with Crippen LogP contribution in [-0.4, -0.2) is 24.1 Å². The van der Waals surface area contributed by atoms with Crippen LogP contribution < -0.4 is 0 Å². The maximum absolute atomic E-state index is 11.2. The smallest absolute Gasteiger partial charge is 0.326 e. The molecule has 0 aromatic carbocycles. The molecule has 1 saturated heterocycles. The molecule has 0 bridgehead atoms. The van der Waals surface area contributed by atoms with Crippen molar-refractivity contribution < 1.29 is 14.3 Å². The minimum absolute atomic E-state index is 0.0634. The fourth-order valence-corrected chi connectivity index (χ4v) is 1.03. The number of ether oxygens (including phenoxy) is 2. The lowest BCUT2D eigenvalue weighted by molar-refractivity contribution is -0.177. The van der Waals surface area contributed by atoms with Gasteiger partial charge in [0.15, 0.2) is 6.79 Å². The zero-order chi connectivity index (χ0) is 8.48. The molecule has 0 aliphatic carbocycles. The molecule has 0 N–H and O–H groups in total. The minimum atomic E-state index is -0.752. The quantitative estimate of drug-likeness (QED) is 0.475. The Kier molecular flexibility index (Phi) is 2.44. The molecule has 1 heterocycles. The van der Waals surface area contributed by atoms with Crippen LogP contribution in [0.1, 0.15) is 13.8 Å². The summed E-state index contributed by atoms with van der Waals surface area (Å²) in [6.07, 6.45) is 0. The van der Waals surface area contributed by atoms with Gasteiger partial charge in [0.2, 0.25) is 0 Å². The highest BCUT2D eigenvalue weighted by atomic mass is 32.1. The van der Waals surface area contributed by atoms with Crippen molar-refractivity contribution >= 4 is 18.6 Å². The molecular formula is C7H12O3S. The highest BCUT2D eigenvalue weighted by Gasteiger charge is 2.42. The zero-order valence-corrected chi connectivity index (χ0v) is 7.56. The Balaban J connectivity index is 2.73. The first-order chi connectivity index (χ1) is 5.07. The Bertz CT molecular complexity index is 169. The average Bonchev–Trinajstić information content (AvgIpc) is 1.95. The van der Waals surface area contributed by atoms with Crippen LogP contribution in [0.2, 0.25) is 0 Å². The monoisotopic (exact) mass is 176 g/mol. The van der Waals surface area contributed by atoms with Crippen molar-refractivity contribution in [3.63, 3.8) is 0 Å². The Labute approximate surface area is 71.5 Å². The van der Waals surface area contributed by atoms with Crippen molar-refractivity contribution in [1.82, 2.24) is 0 Å². The molecule has 0 radical (unpaired) electrons. The van der Waals surface area contributed by atoms with E-state index in [0.717, 1.165) is 0 Å². The maximum Gasteiger partial charge on any atom is 0.326 e. The van der Waals surface area contributed by atoms with E-state index in [0.29, 0.717) is 6.61 Å². The van der Waals surface area contributed by atoms with E-state index >= 15 is 0 Å². The van der Waals surface area contributed by atoms with Gasteiger partial charge in [0.25, 0.3) is 0 Å². The van der Waals surface area contributed by atoms with E-state index in [1.165, 1.54) is 0 Å². The van der Waals surface area contributed by atoms with Crippen molar-refractivity contribution in [3.8, 4) is 0 Å². The number of rotatable bonds is 1. The number of esters is 1. The molecule has 1 aliphatic heterocycles. The molecule has 1 atom stereocenters. The Hall–Kier alpha value is -0.220. The zero-order valence-electron chi connectivity index (χ0n) is 6.66. The SMILES string of the molecule is CC(C)[C@@]1(S)COCOC1=O. The highest BCUT2D eigenvalue weighted by Crippen LogP contribution is 2.29. The van der Waals surface area contributed by atoms with E-state index in [9.17, 15) is 4.79 Å². The summed E-state index contributed by atoms with van der Waals surface area (Å²) in [6, 6.07) is 0. The first kappa shape index (κ1) is 8.87. The van der Waals surface area contributed by atoms with E-state index in [1.807, 2.05) is 13.8 Å². The van der Waals surface area contributed by atoms with Gasteiger partial charge in [0, 0.05) is 0 Å². The molecule has 4 heteroatoms. The number of carbonyl (C=O) groups is 1. The molecule has 0 amide bonds. The average molecular weight is 176 g/mol. The summed E-state index contributed by atoms with van der Waals surface area (Å²) in [7, 11) is 0. The summed E-state index contributed by atoms with van der Waals surface area (Å²) in [5, 5.41) is 0. The standard InChI is InChI=1S/C7H12O3S/c1-5(2)7(11)3-9-4-10-6(7)8/h5,11H,3-4H2,1-2H3/t7-/m0/s1. The molecule has 0 saturated carbocycles. The lowest BCUT2D eigenvalue weighted by Gasteiger charge is -2.33. The van der Waals surface area contributed by atoms with Gasteiger partial charge in [0.1, 0.15) is 4.75 Å². The van der Waals surface area contributed by atoms with E-state index in [4.69, 9.17) is 9.47 Å². The van der Waals surface area contributed by atoms with E-state index < -0.39 is 4.75 Å². The maximum atomic E-state index is 11.2. The van der Waals surface area contributed by atoms with Crippen LogP contribution in [-0.2, 0) is 14.3 Å². The first-order valence-electron chi connectivity index (χ1n) is 3.54. The van der Waals surface area contributed by atoms with Crippen molar-refractivity contribution in [2.24, 2.45) is 5.92 Å². The molecule has 64 valence electrons. The minimum Gasteiger partial charge on any atom is -0.437 e. The number of hydrogen-bond donors (Lipinski definition) is 1. The molecule has 0 aromatic heterocycles. The van der Waals surface area contributed by atoms with Gasteiger partial charge in [-0.1, -0.05) is 13.8 Å². The van der Waals surface area contributed by atoms with Crippen molar-refractivity contribution in [2.75, 3.05) is 13.4 Å². The molecule has 3 nitrogen and oxygen atoms in total. The second-order valence-corrected chi connectivity index (χ2v) is 3.78. The van der Waals surface area contributed by atoms with Gasteiger partial charge in [-0.2, -0.15) is 12.6 Å². The molecular weight excluding hydrogens is 164 g/mol. The van der Waals surface area contributed by atoms with Crippen LogP contribution in [0, 0.1) is 5.92 Å². The summed E-state index contributed by atoms with van der Waals surface area (Å²) in [5.74, 6) is -0.152. The lowest BCUT2D eigenvalue weighted by Crippen LogP contribution is -2.48. The topological polar surface area (TPSA) is 35.5 Å². The van der Waals surface area contributed by atoms with Crippen LogP contribution in [0.15, 0.2) is 0 Å². The van der Waals surface area contributed by atoms with Gasteiger partial charge in [-0.3, -0.25) is 4.79 Å². The highest BCUT2D eigenvalue weighted by molar-refractivity contribution is 7.82. The van der Waals surface area contributed by atoms with Crippen LogP contribution in [0.3, 0.4) is 0 Å². The third-order valence-corrected chi connectivity index (χ3v) is 2.73. The van der Waals surface area contributed by atoms with Crippen LogP contribution in [0.25, 0.3) is 0 Å². The molecule has 1 rings (SSSR count). The van der Waals surface area contributed by atoms with E-state index in [2.05, 4.69) is 12.6 Å². The molecule has 0 aromatic rings. The third kappa shape index (κ3) is 1.51. The molecule has 1 fully saturated rings. The van der Waals surface area contributed by atoms with E-state index in [1.54, 1.807) is 0 Å². The van der Waals surface area contributed by atoms with Crippen LogP contribution >= 0.6 is 12.6 Å². The summed E-state index contributed by atoms with van der Waals surface area (Å²) >= 11 is 4.24. The molecule has 11 heavy (non-hydrogen) atoms. The van der Waals surface area contributed by atoms with Crippen LogP contribution in [0.5, 0.6) is 0 Å². The number of thiol groups is 1. The number of carbonyl (C=O) groups excluding carboxylic acids is 1.